The lowest BCUT2D eigenvalue weighted by atomic mass is 10.1. The predicted molar refractivity (Wildman–Crippen MR) is 113 cm³/mol. The van der Waals surface area contributed by atoms with E-state index in [1.807, 2.05) is 20.0 Å². The van der Waals surface area contributed by atoms with Gasteiger partial charge in [-0.15, -0.1) is 0 Å². The summed E-state index contributed by atoms with van der Waals surface area (Å²) >= 11 is 0. The van der Waals surface area contributed by atoms with Gasteiger partial charge in [0.05, 0.1) is 11.0 Å². The molecule has 32 heavy (non-hydrogen) atoms. The summed E-state index contributed by atoms with van der Waals surface area (Å²) < 4.78 is 49.2. The average Bonchev–Trinajstić information content (AvgIpc) is 3.29. The highest BCUT2D eigenvalue weighted by Gasteiger charge is 2.28. The van der Waals surface area contributed by atoms with E-state index >= 15 is 0 Å². The number of oxazole rings is 1. The van der Waals surface area contributed by atoms with Gasteiger partial charge in [0.15, 0.2) is 18.0 Å². The molecule has 0 saturated carbocycles. The number of hydrogen-bond acceptors (Lipinski definition) is 6. The van der Waals surface area contributed by atoms with Gasteiger partial charge in [-0.2, -0.15) is 18.2 Å². The van der Waals surface area contributed by atoms with Crippen LogP contribution in [0.15, 0.2) is 40.8 Å². The molecule has 2 heterocycles. The Bertz CT molecular complexity index is 1280. The van der Waals surface area contributed by atoms with E-state index in [-0.39, 0.29) is 23.1 Å². The molecule has 0 bridgehead atoms. The van der Waals surface area contributed by atoms with Gasteiger partial charge in [-0.1, -0.05) is 13.3 Å². The van der Waals surface area contributed by atoms with Gasteiger partial charge in [-0.3, -0.25) is 10.1 Å². The van der Waals surface area contributed by atoms with Gasteiger partial charge in [-0.25, -0.2) is 4.98 Å². The second kappa shape index (κ2) is 8.52. The number of imidazole rings is 1. The van der Waals surface area contributed by atoms with Gasteiger partial charge in [0.1, 0.15) is 11.3 Å². The standard InChI is InChI=1S/C22H21F3N4O3/c1-3-4-5-18(30)13-6-9-17-16(10-13)26-20(29(17)2)28-21-27-15-8-7-14(11-19(15)32-21)31-12-22(23,24)25/h6-11H,3-5,12H2,1-2H3,(H,26,27,28). The van der Waals surface area contributed by atoms with E-state index in [1.165, 1.54) is 18.2 Å². The highest BCUT2D eigenvalue weighted by molar-refractivity contribution is 5.99. The van der Waals surface area contributed by atoms with Crippen LogP contribution in [0.3, 0.4) is 0 Å². The quantitative estimate of drug-likeness (QED) is 0.346. The van der Waals surface area contributed by atoms with Crippen molar-refractivity contribution in [2.24, 2.45) is 7.05 Å². The van der Waals surface area contributed by atoms with Crippen molar-refractivity contribution >= 4 is 39.9 Å². The summed E-state index contributed by atoms with van der Waals surface area (Å²) in [5, 5.41) is 2.98. The van der Waals surface area contributed by atoms with Gasteiger partial charge in [0.25, 0.3) is 0 Å². The van der Waals surface area contributed by atoms with Crippen molar-refractivity contribution in [2.75, 3.05) is 11.9 Å². The molecule has 4 rings (SSSR count). The van der Waals surface area contributed by atoms with Crippen molar-refractivity contribution in [3.05, 3.63) is 42.0 Å². The minimum atomic E-state index is -4.43. The zero-order chi connectivity index (χ0) is 22.9. The zero-order valence-electron chi connectivity index (χ0n) is 17.5. The molecule has 0 amide bonds. The van der Waals surface area contributed by atoms with E-state index < -0.39 is 12.8 Å². The molecule has 0 aliphatic rings. The number of halogens is 3. The largest absolute Gasteiger partial charge is 0.484 e. The summed E-state index contributed by atoms with van der Waals surface area (Å²) in [4.78, 5) is 21.1. The number of fused-ring (bicyclic) bond motifs is 2. The van der Waals surface area contributed by atoms with Gasteiger partial charge in [0.2, 0.25) is 5.95 Å². The van der Waals surface area contributed by atoms with Gasteiger partial charge < -0.3 is 13.7 Å². The van der Waals surface area contributed by atoms with Crippen molar-refractivity contribution in [3.8, 4) is 5.75 Å². The number of ether oxygens (including phenoxy) is 1. The molecule has 1 N–H and O–H groups in total. The Morgan fingerprint density at radius 1 is 1.16 bits per heavy atom. The van der Waals surface area contributed by atoms with Gasteiger partial charge >= 0.3 is 12.2 Å². The highest BCUT2D eigenvalue weighted by Crippen LogP contribution is 2.28. The van der Waals surface area contributed by atoms with Crippen LogP contribution in [0.25, 0.3) is 22.1 Å². The molecule has 10 heteroatoms. The molecule has 0 spiro atoms. The maximum atomic E-state index is 12.4. The first-order valence-corrected chi connectivity index (χ1v) is 10.1. The maximum absolute atomic E-state index is 12.4. The second-order valence-electron chi connectivity index (χ2n) is 7.40. The summed E-state index contributed by atoms with van der Waals surface area (Å²) in [5.41, 5.74) is 2.81. The number of alkyl halides is 3. The molecule has 2 aromatic heterocycles. The third-order valence-electron chi connectivity index (χ3n) is 4.94. The van der Waals surface area contributed by atoms with Crippen LogP contribution in [0.5, 0.6) is 5.75 Å². The fourth-order valence-corrected chi connectivity index (χ4v) is 3.28. The number of carbonyl (C=O) groups excluding carboxylic acids is 1. The molecule has 4 aromatic rings. The molecule has 7 nitrogen and oxygen atoms in total. The number of carbonyl (C=O) groups is 1. The van der Waals surface area contributed by atoms with E-state index in [0.29, 0.717) is 29.0 Å². The Morgan fingerprint density at radius 3 is 2.72 bits per heavy atom. The number of nitrogens with one attached hydrogen (secondary N) is 1. The van der Waals surface area contributed by atoms with Gasteiger partial charge in [-0.05, 0) is 36.8 Å². The minimum absolute atomic E-state index is 0.0283. The van der Waals surface area contributed by atoms with Crippen LogP contribution in [0.1, 0.15) is 36.5 Å². The number of aryl methyl sites for hydroxylation is 1. The van der Waals surface area contributed by atoms with Crippen LogP contribution in [-0.4, -0.2) is 33.1 Å². The molecule has 0 aliphatic heterocycles. The Labute approximate surface area is 181 Å². The number of aromatic nitrogens is 3. The van der Waals surface area contributed by atoms with Crippen molar-refractivity contribution < 1.29 is 27.1 Å². The average molecular weight is 446 g/mol. The van der Waals surface area contributed by atoms with Crippen LogP contribution in [-0.2, 0) is 7.05 Å². The van der Waals surface area contributed by atoms with Crippen LogP contribution >= 0.6 is 0 Å². The number of ketones is 1. The Hall–Kier alpha value is -3.56. The first kappa shape index (κ1) is 21.7. The number of anilines is 2. The van der Waals surface area contributed by atoms with Crippen LogP contribution in [0.4, 0.5) is 25.1 Å². The summed E-state index contributed by atoms with van der Waals surface area (Å²) in [6.45, 7) is 0.649. The molecule has 0 saturated heterocycles. The van der Waals surface area contributed by atoms with Crippen molar-refractivity contribution in [1.82, 2.24) is 14.5 Å². The summed E-state index contributed by atoms with van der Waals surface area (Å²) in [6.07, 6.45) is -2.14. The smallest absolute Gasteiger partial charge is 0.422 e. The molecule has 168 valence electrons. The number of Topliss-reactive ketones (excluding diaryl/α,β-unsaturated/α-hetero) is 1. The van der Waals surface area contributed by atoms with E-state index in [9.17, 15) is 18.0 Å². The second-order valence-corrected chi connectivity index (χ2v) is 7.40. The van der Waals surface area contributed by atoms with E-state index in [4.69, 9.17) is 9.15 Å². The molecule has 2 aromatic carbocycles. The van der Waals surface area contributed by atoms with Gasteiger partial charge in [0, 0.05) is 25.1 Å². The van der Waals surface area contributed by atoms with Crippen molar-refractivity contribution in [1.29, 1.82) is 0 Å². The molecular weight excluding hydrogens is 425 g/mol. The topological polar surface area (TPSA) is 82.2 Å². The number of benzene rings is 2. The molecule has 0 fully saturated rings. The summed E-state index contributed by atoms with van der Waals surface area (Å²) in [5.74, 6) is 0.551. The number of rotatable bonds is 8. The van der Waals surface area contributed by atoms with Crippen molar-refractivity contribution in [3.63, 3.8) is 0 Å². The summed E-state index contributed by atoms with van der Waals surface area (Å²) in [6, 6.07) is 9.77. The third kappa shape index (κ3) is 4.68. The monoisotopic (exact) mass is 446 g/mol. The SMILES string of the molecule is CCCCC(=O)c1ccc2c(c1)nc(Nc1nc3ccc(OCC(F)(F)F)cc3o1)n2C. The summed E-state index contributed by atoms with van der Waals surface area (Å²) in [7, 11) is 1.81. The van der Waals surface area contributed by atoms with E-state index in [0.717, 1.165) is 18.4 Å². The first-order chi connectivity index (χ1) is 15.2. The van der Waals surface area contributed by atoms with Crippen molar-refractivity contribution in [2.45, 2.75) is 32.4 Å². The predicted octanol–water partition coefficient (Wildman–Crippen LogP) is 5.77. The normalized spacial score (nSPS) is 11.9. The fraction of sp³-hybridized carbons (Fsp3) is 0.318. The Morgan fingerprint density at radius 2 is 1.97 bits per heavy atom. The zero-order valence-corrected chi connectivity index (χ0v) is 17.5. The maximum Gasteiger partial charge on any atom is 0.422 e. The molecule has 0 radical (unpaired) electrons. The molecule has 0 aliphatic carbocycles. The number of nitrogens with zero attached hydrogens (tertiary/aromatic N) is 3. The lowest BCUT2D eigenvalue weighted by Gasteiger charge is -2.08. The highest BCUT2D eigenvalue weighted by atomic mass is 19.4. The minimum Gasteiger partial charge on any atom is -0.484 e. The molecule has 0 unspecified atom stereocenters. The Balaban J connectivity index is 1.55. The fourth-order valence-electron chi connectivity index (χ4n) is 3.28. The molecule has 0 atom stereocenters. The van der Waals surface area contributed by atoms with Crippen LogP contribution in [0.2, 0.25) is 0 Å². The third-order valence-corrected chi connectivity index (χ3v) is 4.94. The van der Waals surface area contributed by atoms with E-state index in [1.54, 1.807) is 16.7 Å². The number of unbranched alkanes of at least 4 members (excludes halogenated alkanes) is 1. The lowest BCUT2D eigenvalue weighted by Crippen LogP contribution is -2.19. The van der Waals surface area contributed by atoms with Crippen LogP contribution in [0, 0.1) is 0 Å². The van der Waals surface area contributed by atoms with E-state index in [2.05, 4.69) is 15.3 Å². The lowest BCUT2D eigenvalue weighted by molar-refractivity contribution is -0.153. The Kier molecular flexibility index (Phi) is 5.77. The van der Waals surface area contributed by atoms with Crippen LogP contribution < -0.4 is 10.1 Å². The molecular formula is C22H21F3N4O3. The number of hydrogen-bond donors (Lipinski definition) is 1. The first-order valence-electron chi connectivity index (χ1n) is 10.1.